The minimum atomic E-state index is -0.166. The van der Waals surface area contributed by atoms with Gasteiger partial charge in [-0.3, -0.25) is 0 Å². The molecule has 1 aromatic rings. The van der Waals surface area contributed by atoms with E-state index in [1.54, 1.807) is 6.07 Å². The van der Waals surface area contributed by atoms with Crippen molar-refractivity contribution in [3.63, 3.8) is 0 Å². The summed E-state index contributed by atoms with van der Waals surface area (Å²) >= 11 is 0. The van der Waals surface area contributed by atoms with Crippen LogP contribution in [0.5, 0.6) is 0 Å². The summed E-state index contributed by atoms with van der Waals surface area (Å²) < 4.78 is 14.3. The minimum absolute atomic E-state index is 0.0636. The molecule has 1 saturated heterocycles. The molecule has 1 atom stereocenters. The van der Waals surface area contributed by atoms with Crippen molar-refractivity contribution in [1.82, 2.24) is 5.32 Å². The van der Waals surface area contributed by atoms with Gasteiger partial charge in [0.25, 0.3) is 0 Å². The molecule has 0 aromatic heterocycles. The molecular weight excluding hydrogens is 255 g/mol. The van der Waals surface area contributed by atoms with Crippen molar-refractivity contribution in [3.05, 3.63) is 29.6 Å². The van der Waals surface area contributed by atoms with Gasteiger partial charge < -0.3 is 15.3 Å². The molecule has 0 spiro atoms. The van der Waals surface area contributed by atoms with Crippen LogP contribution in [0.2, 0.25) is 0 Å². The lowest BCUT2D eigenvalue weighted by Gasteiger charge is -2.36. The van der Waals surface area contributed by atoms with Crippen LogP contribution in [0, 0.1) is 5.82 Å². The second-order valence-corrected chi connectivity index (χ2v) is 5.97. The number of aliphatic hydroxyl groups excluding tert-OH is 1. The Hall–Kier alpha value is -1.13. The van der Waals surface area contributed by atoms with Gasteiger partial charge in [-0.25, -0.2) is 4.39 Å². The summed E-state index contributed by atoms with van der Waals surface area (Å²) in [5.74, 6) is -0.166. The van der Waals surface area contributed by atoms with E-state index in [4.69, 9.17) is 0 Å². The van der Waals surface area contributed by atoms with Crippen LogP contribution in [-0.4, -0.2) is 30.3 Å². The van der Waals surface area contributed by atoms with Gasteiger partial charge in [0, 0.05) is 19.1 Å². The zero-order valence-corrected chi connectivity index (χ0v) is 11.8. The van der Waals surface area contributed by atoms with Crippen LogP contribution in [0.15, 0.2) is 18.2 Å². The second kappa shape index (κ2) is 6.10. The fraction of sp³-hybridized carbons (Fsp3) is 0.625. The number of aliphatic hydroxyl groups is 1. The highest BCUT2D eigenvalue weighted by Crippen LogP contribution is 2.28. The zero-order chi connectivity index (χ0) is 13.9. The molecule has 0 bridgehead atoms. The van der Waals surface area contributed by atoms with E-state index in [1.165, 1.54) is 12.8 Å². The smallest absolute Gasteiger partial charge is 0.146 e. The van der Waals surface area contributed by atoms with Gasteiger partial charge in [-0.05, 0) is 49.8 Å². The van der Waals surface area contributed by atoms with Gasteiger partial charge in [0.05, 0.1) is 18.3 Å². The first-order valence-electron chi connectivity index (χ1n) is 7.67. The van der Waals surface area contributed by atoms with Gasteiger partial charge in [-0.1, -0.05) is 6.07 Å². The number of anilines is 1. The standard InChI is InChI=1S/C16H23FN2O/c17-15-9-12(10-18-13-5-6-13)4-7-16(15)19-8-2-1-3-14(19)11-20/h4,7,9,13-14,18,20H,1-3,5-6,8,10-11H2. The van der Waals surface area contributed by atoms with Crippen LogP contribution in [0.1, 0.15) is 37.7 Å². The highest BCUT2D eigenvalue weighted by molar-refractivity contribution is 5.50. The summed E-state index contributed by atoms with van der Waals surface area (Å²) in [5, 5.41) is 12.8. The average molecular weight is 278 g/mol. The lowest BCUT2D eigenvalue weighted by molar-refractivity contribution is 0.239. The molecule has 4 heteroatoms. The molecule has 1 aromatic carbocycles. The van der Waals surface area contributed by atoms with Crippen molar-refractivity contribution in [3.8, 4) is 0 Å². The maximum atomic E-state index is 14.3. The Kier molecular flexibility index (Phi) is 4.22. The van der Waals surface area contributed by atoms with Gasteiger partial charge in [-0.15, -0.1) is 0 Å². The Balaban J connectivity index is 1.71. The summed E-state index contributed by atoms with van der Waals surface area (Å²) in [6, 6.07) is 6.20. The molecule has 110 valence electrons. The molecule has 20 heavy (non-hydrogen) atoms. The molecule has 1 aliphatic carbocycles. The lowest BCUT2D eigenvalue weighted by atomic mass is 10.0. The molecule has 0 radical (unpaired) electrons. The predicted octanol–water partition coefficient (Wildman–Crippen LogP) is 2.43. The largest absolute Gasteiger partial charge is 0.394 e. The molecule has 1 unspecified atom stereocenters. The number of halogens is 1. The third-order valence-corrected chi connectivity index (χ3v) is 4.33. The SMILES string of the molecule is OCC1CCCCN1c1ccc(CNC2CC2)cc1F. The average Bonchev–Trinajstić information content (AvgIpc) is 3.29. The topological polar surface area (TPSA) is 35.5 Å². The van der Waals surface area contributed by atoms with Crippen LogP contribution < -0.4 is 10.2 Å². The van der Waals surface area contributed by atoms with E-state index in [0.29, 0.717) is 11.7 Å². The number of hydrogen-bond donors (Lipinski definition) is 2. The Morgan fingerprint density at radius 2 is 2.10 bits per heavy atom. The third-order valence-electron chi connectivity index (χ3n) is 4.33. The molecular formula is C16H23FN2O. The van der Waals surface area contributed by atoms with E-state index in [9.17, 15) is 9.50 Å². The number of hydrogen-bond acceptors (Lipinski definition) is 3. The van der Waals surface area contributed by atoms with E-state index in [1.807, 2.05) is 17.0 Å². The number of rotatable bonds is 5. The summed E-state index contributed by atoms with van der Waals surface area (Å²) in [5.41, 5.74) is 1.63. The predicted molar refractivity (Wildman–Crippen MR) is 78.3 cm³/mol. The fourth-order valence-corrected chi connectivity index (χ4v) is 2.95. The summed E-state index contributed by atoms with van der Waals surface area (Å²) in [7, 11) is 0. The molecule has 2 N–H and O–H groups in total. The Labute approximate surface area is 119 Å². The van der Waals surface area contributed by atoms with E-state index in [-0.39, 0.29) is 18.5 Å². The molecule has 3 rings (SSSR count). The quantitative estimate of drug-likeness (QED) is 0.868. The maximum absolute atomic E-state index is 14.3. The molecule has 3 nitrogen and oxygen atoms in total. The van der Waals surface area contributed by atoms with Gasteiger partial charge >= 0.3 is 0 Å². The highest BCUT2D eigenvalue weighted by atomic mass is 19.1. The number of benzene rings is 1. The van der Waals surface area contributed by atoms with Crippen molar-refractivity contribution in [2.45, 2.75) is 50.7 Å². The molecule has 2 fully saturated rings. The van der Waals surface area contributed by atoms with Crippen molar-refractivity contribution in [2.24, 2.45) is 0 Å². The van der Waals surface area contributed by atoms with Crippen LogP contribution in [0.4, 0.5) is 10.1 Å². The molecule has 1 heterocycles. The summed E-state index contributed by atoms with van der Waals surface area (Å²) in [6.45, 7) is 1.68. The lowest BCUT2D eigenvalue weighted by Crippen LogP contribution is -2.42. The molecule has 1 saturated carbocycles. The first-order valence-corrected chi connectivity index (χ1v) is 7.67. The van der Waals surface area contributed by atoms with E-state index in [0.717, 1.165) is 37.9 Å². The first kappa shape index (κ1) is 13.8. The van der Waals surface area contributed by atoms with Crippen LogP contribution >= 0.6 is 0 Å². The van der Waals surface area contributed by atoms with E-state index >= 15 is 0 Å². The van der Waals surface area contributed by atoms with Crippen LogP contribution in [0.25, 0.3) is 0 Å². The van der Waals surface area contributed by atoms with Crippen molar-refractivity contribution >= 4 is 5.69 Å². The van der Waals surface area contributed by atoms with Crippen molar-refractivity contribution in [1.29, 1.82) is 0 Å². The normalized spacial score (nSPS) is 23.1. The highest BCUT2D eigenvalue weighted by Gasteiger charge is 2.24. The van der Waals surface area contributed by atoms with Gasteiger partial charge in [0.15, 0.2) is 0 Å². The Morgan fingerprint density at radius 3 is 2.80 bits per heavy atom. The van der Waals surface area contributed by atoms with E-state index < -0.39 is 0 Å². The molecule has 2 aliphatic rings. The van der Waals surface area contributed by atoms with E-state index in [2.05, 4.69) is 5.32 Å². The zero-order valence-electron chi connectivity index (χ0n) is 11.8. The monoisotopic (exact) mass is 278 g/mol. The fourth-order valence-electron chi connectivity index (χ4n) is 2.95. The Morgan fingerprint density at radius 1 is 1.25 bits per heavy atom. The molecule has 0 amide bonds. The maximum Gasteiger partial charge on any atom is 0.146 e. The van der Waals surface area contributed by atoms with Crippen molar-refractivity contribution in [2.75, 3.05) is 18.1 Å². The van der Waals surface area contributed by atoms with Gasteiger partial charge in [0.1, 0.15) is 5.82 Å². The van der Waals surface area contributed by atoms with Gasteiger partial charge in [0.2, 0.25) is 0 Å². The summed E-state index contributed by atoms with van der Waals surface area (Å²) in [6.07, 6.45) is 5.62. The number of nitrogens with zero attached hydrogens (tertiary/aromatic N) is 1. The second-order valence-electron chi connectivity index (χ2n) is 5.97. The number of piperidine rings is 1. The third kappa shape index (κ3) is 3.13. The Bertz CT molecular complexity index is 462. The van der Waals surface area contributed by atoms with Crippen molar-refractivity contribution < 1.29 is 9.50 Å². The minimum Gasteiger partial charge on any atom is -0.394 e. The van der Waals surface area contributed by atoms with Crippen LogP contribution in [-0.2, 0) is 6.54 Å². The molecule has 1 aliphatic heterocycles. The summed E-state index contributed by atoms with van der Waals surface area (Å²) in [4.78, 5) is 2.02. The number of nitrogens with one attached hydrogen (secondary N) is 1. The van der Waals surface area contributed by atoms with Gasteiger partial charge in [-0.2, -0.15) is 0 Å². The van der Waals surface area contributed by atoms with Crippen LogP contribution in [0.3, 0.4) is 0 Å². The first-order chi connectivity index (χ1) is 9.78.